The van der Waals surface area contributed by atoms with Crippen molar-refractivity contribution in [2.45, 2.75) is 12.2 Å². The van der Waals surface area contributed by atoms with Crippen molar-refractivity contribution in [2.75, 3.05) is 6.61 Å². The fraction of sp³-hybridized carbons (Fsp3) is 0.500. The van der Waals surface area contributed by atoms with Gasteiger partial charge in [-0.1, -0.05) is 0 Å². The fourth-order valence-corrected chi connectivity index (χ4v) is 0.823. The summed E-state index contributed by atoms with van der Waals surface area (Å²) in [5.74, 6) is -2.78. The molecule has 0 aromatic rings. The van der Waals surface area contributed by atoms with Gasteiger partial charge in [-0.25, -0.2) is 9.36 Å². The van der Waals surface area contributed by atoms with Crippen molar-refractivity contribution in [3.8, 4) is 0 Å². The van der Waals surface area contributed by atoms with E-state index in [2.05, 4.69) is 4.74 Å². The lowest BCUT2D eigenvalue weighted by Gasteiger charge is -2.13. The van der Waals surface area contributed by atoms with Crippen LogP contribution >= 0.6 is 7.82 Å². The molecule has 0 aliphatic carbocycles. The molecule has 0 bridgehead atoms. The molecule has 0 amide bonds. The fourth-order valence-electron chi connectivity index (χ4n) is 0.823. The first-order valence-electron chi connectivity index (χ1n) is 3.98. The minimum atomic E-state index is -4.64. The number of ether oxygens (including phenoxy) is 1. The second kappa shape index (κ2) is 10.5. The maximum atomic E-state index is 10.5. The normalized spacial score (nSPS) is 18.4. The summed E-state index contributed by atoms with van der Waals surface area (Å²) in [5.41, 5.74) is 0. The molecule has 2 atom stereocenters. The van der Waals surface area contributed by atoms with Crippen LogP contribution in [0.15, 0.2) is 11.5 Å². The lowest BCUT2D eigenvalue weighted by atomic mass is 10.2. The molecule has 0 radical (unpaired) electrons. The van der Waals surface area contributed by atoms with Crippen molar-refractivity contribution >= 4 is 13.8 Å². The molecule has 13 nitrogen and oxygen atoms in total. The van der Waals surface area contributed by atoms with Gasteiger partial charge in [0.2, 0.25) is 5.76 Å². The lowest BCUT2D eigenvalue weighted by molar-refractivity contribution is -0.147. The van der Waals surface area contributed by atoms with Gasteiger partial charge in [-0.15, -0.1) is 0 Å². The van der Waals surface area contributed by atoms with E-state index in [1.54, 1.807) is 0 Å². The van der Waals surface area contributed by atoms with Crippen molar-refractivity contribution < 1.29 is 49.2 Å². The Balaban J connectivity index is -0.000000141. The predicted octanol–water partition coefficient (Wildman–Crippen LogP) is -1.85. The minimum absolute atomic E-state index is 0. The van der Waals surface area contributed by atoms with Gasteiger partial charge >= 0.3 is 13.8 Å². The molecule has 0 spiro atoms. The van der Waals surface area contributed by atoms with E-state index < -0.39 is 44.1 Å². The number of rotatable bonds is 2. The number of aliphatic hydroxyl groups is 4. The highest BCUT2D eigenvalue weighted by Crippen LogP contribution is 2.25. The van der Waals surface area contributed by atoms with Crippen LogP contribution in [0.4, 0.5) is 0 Å². The van der Waals surface area contributed by atoms with E-state index in [1.807, 2.05) is 0 Å². The van der Waals surface area contributed by atoms with Crippen LogP contribution in [0, 0.1) is 0 Å². The first-order valence-corrected chi connectivity index (χ1v) is 5.54. The number of phosphoric acid groups is 1. The number of cyclic esters (lactones) is 1. The molecule has 16 N–H and O–H groups in total. The highest BCUT2D eigenvalue weighted by molar-refractivity contribution is 7.45. The van der Waals surface area contributed by atoms with Gasteiger partial charge < -0.3 is 58.3 Å². The number of carbonyl (C=O) groups is 1. The summed E-state index contributed by atoms with van der Waals surface area (Å²) in [4.78, 5) is 32.1. The Hall–Kier alpha value is -1.28. The van der Waals surface area contributed by atoms with Gasteiger partial charge in [0.1, 0.15) is 6.10 Å². The Bertz CT molecular complexity index is 360. The molecule has 0 saturated heterocycles. The Morgan fingerprint density at radius 3 is 1.70 bits per heavy atom. The van der Waals surface area contributed by atoms with E-state index in [0.717, 1.165) is 0 Å². The zero-order chi connectivity index (χ0) is 13.8. The largest absolute Gasteiger partial charge is 0.505 e. The minimum Gasteiger partial charge on any atom is -0.505 e. The molecule has 14 heteroatoms. The van der Waals surface area contributed by atoms with Crippen LogP contribution in [0.5, 0.6) is 0 Å². The lowest BCUT2D eigenvalue weighted by Crippen LogP contribution is -2.31. The Kier molecular flexibility index (Phi) is 14.2. The quantitative estimate of drug-likeness (QED) is 0.197. The van der Waals surface area contributed by atoms with Gasteiger partial charge in [0.25, 0.3) is 0 Å². The summed E-state index contributed by atoms with van der Waals surface area (Å²) in [6.45, 7) is -0.671. The maximum Gasteiger partial charge on any atom is 0.466 e. The first kappa shape index (κ1) is 27.1. The van der Waals surface area contributed by atoms with Gasteiger partial charge in [0, 0.05) is 0 Å². The summed E-state index contributed by atoms with van der Waals surface area (Å²) in [7, 11) is -4.64. The molecule has 1 rings (SSSR count). The highest BCUT2D eigenvalue weighted by Gasteiger charge is 2.38. The van der Waals surface area contributed by atoms with E-state index in [-0.39, 0.29) is 18.5 Å². The van der Waals surface area contributed by atoms with Gasteiger partial charge in [-0.2, -0.15) is 0 Å². The third-order valence-electron chi connectivity index (χ3n) is 1.48. The average Bonchev–Trinajstić information content (AvgIpc) is 2.42. The van der Waals surface area contributed by atoms with Crippen molar-refractivity contribution in [2.24, 2.45) is 0 Å². The van der Waals surface area contributed by atoms with E-state index in [4.69, 9.17) is 39.7 Å². The van der Waals surface area contributed by atoms with Crippen LogP contribution in [-0.4, -0.2) is 59.9 Å². The van der Waals surface area contributed by atoms with Crippen molar-refractivity contribution in [3.05, 3.63) is 11.5 Å². The second-order valence-electron chi connectivity index (χ2n) is 2.82. The van der Waals surface area contributed by atoms with E-state index in [9.17, 15) is 4.79 Å². The first-order chi connectivity index (χ1) is 7.57. The predicted molar refractivity (Wildman–Crippen MR) is 64.6 cm³/mol. The van der Waals surface area contributed by atoms with Crippen molar-refractivity contribution in [1.82, 2.24) is 18.5 Å². The molecular weight excluding hydrogens is 305 g/mol. The number of hydrogen-bond donors (Lipinski definition) is 10. The average molecular weight is 325 g/mol. The smallest absolute Gasteiger partial charge is 0.466 e. The molecule has 1 heterocycles. The molecule has 20 heavy (non-hydrogen) atoms. The summed E-state index contributed by atoms with van der Waals surface area (Å²) in [6, 6.07) is 0. The van der Waals surface area contributed by atoms with Crippen LogP contribution in [0.2, 0.25) is 0 Å². The van der Waals surface area contributed by atoms with Crippen LogP contribution < -0.4 is 18.5 Å². The SMILES string of the molecule is N.N.N.O=C1O[C@H]([C@@H](O)CO)C(O)=C1O.O=P(O)(O)O. The van der Waals surface area contributed by atoms with Crippen molar-refractivity contribution in [3.63, 3.8) is 0 Å². The zero-order valence-electron chi connectivity index (χ0n) is 10.3. The summed E-state index contributed by atoms with van der Waals surface area (Å²) < 4.78 is 13.2. The zero-order valence-corrected chi connectivity index (χ0v) is 11.2. The third kappa shape index (κ3) is 9.62. The Morgan fingerprint density at radius 2 is 1.50 bits per heavy atom. The topological polar surface area (TPSA) is 290 Å². The van der Waals surface area contributed by atoms with Gasteiger partial charge in [-0.3, -0.25) is 0 Å². The standard InChI is InChI=1S/C6H8O6.3H3N.H3O4P/c7-1-2(8)5-3(9)4(10)6(11)12-5;;;;1-5(2,3)4/h2,5,7-10H,1H2;3*1H3;(H3,1,2,3,4)/t2-,5+;;;;/m0..../s1. The summed E-state index contributed by atoms with van der Waals surface area (Å²) >= 11 is 0. The molecular formula is C6H20N3O10P. The number of hydrogen-bond acceptors (Lipinski definition) is 10. The Morgan fingerprint density at radius 1 is 1.15 bits per heavy atom. The maximum absolute atomic E-state index is 10.5. The van der Waals surface area contributed by atoms with Crippen LogP contribution in [0.1, 0.15) is 0 Å². The van der Waals surface area contributed by atoms with Gasteiger partial charge in [-0.05, 0) is 0 Å². The molecule has 1 aliphatic heterocycles. The molecule has 0 aromatic heterocycles. The van der Waals surface area contributed by atoms with Crippen LogP contribution in [0.25, 0.3) is 0 Å². The molecule has 0 unspecified atom stereocenters. The third-order valence-corrected chi connectivity index (χ3v) is 1.48. The van der Waals surface area contributed by atoms with E-state index in [0.29, 0.717) is 0 Å². The Labute approximate surface area is 113 Å². The second-order valence-corrected chi connectivity index (χ2v) is 3.85. The molecule has 124 valence electrons. The molecule has 0 saturated carbocycles. The van der Waals surface area contributed by atoms with Gasteiger partial charge in [0.15, 0.2) is 11.9 Å². The number of esters is 1. The summed E-state index contributed by atoms with van der Waals surface area (Å²) in [6.07, 6.45) is -2.78. The highest BCUT2D eigenvalue weighted by atomic mass is 31.2. The molecule has 0 fully saturated rings. The van der Waals surface area contributed by atoms with E-state index in [1.165, 1.54) is 0 Å². The van der Waals surface area contributed by atoms with Crippen molar-refractivity contribution in [1.29, 1.82) is 0 Å². The van der Waals surface area contributed by atoms with E-state index >= 15 is 0 Å². The number of aliphatic hydroxyl groups excluding tert-OH is 4. The number of carbonyl (C=O) groups excluding carboxylic acids is 1. The molecule has 1 aliphatic rings. The van der Waals surface area contributed by atoms with Gasteiger partial charge in [0.05, 0.1) is 6.61 Å². The monoisotopic (exact) mass is 325 g/mol. The van der Waals surface area contributed by atoms with Crippen LogP contribution in [-0.2, 0) is 14.1 Å². The molecule has 0 aromatic carbocycles. The van der Waals surface area contributed by atoms with Crippen LogP contribution in [0.3, 0.4) is 0 Å². The summed E-state index contributed by atoms with van der Waals surface area (Å²) in [5, 5.41) is 35.0.